The molecule has 24 heavy (non-hydrogen) atoms. The van der Waals surface area contributed by atoms with E-state index in [-0.39, 0.29) is 18.3 Å². The molecule has 3 rings (SSSR count). The molecule has 1 N–H and O–H groups in total. The zero-order chi connectivity index (χ0) is 17.1. The fourth-order valence-corrected chi connectivity index (χ4v) is 2.48. The summed E-state index contributed by atoms with van der Waals surface area (Å²) in [4.78, 5) is 12.2. The molecule has 0 bridgehead atoms. The molecule has 1 aromatic heterocycles. The van der Waals surface area contributed by atoms with Gasteiger partial charge in [0, 0.05) is 28.4 Å². The molecule has 0 saturated carbocycles. The fraction of sp³-hybridized carbons (Fsp3) is 0.111. The molecule has 0 aliphatic carbocycles. The van der Waals surface area contributed by atoms with Crippen LogP contribution in [0.4, 0.5) is 10.2 Å². The lowest BCUT2D eigenvalue weighted by Gasteiger charge is -2.06. The van der Waals surface area contributed by atoms with Gasteiger partial charge < -0.3 is 5.32 Å². The first-order valence-electron chi connectivity index (χ1n) is 7.37. The molecule has 0 atom stereocenters. The lowest BCUT2D eigenvalue weighted by Crippen LogP contribution is -2.13. The molecule has 1 amide bonds. The Morgan fingerprint density at radius 1 is 1.21 bits per heavy atom. The summed E-state index contributed by atoms with van der Waals surface area (Å²) in [7, 11) is 0. The maximum Gasteiger partial charge on any atom is 0.256 e. The van der Waals surface area contributed by atoms with Crippen LogP contribution in [0.5, 0.6) is 0 Å². The third-order valence-corrected chi connectivity index (χ3v) is 3.93. The Labute approximate surface area is 143 Å². The van der Waals surface area contributed by atoms with E-state index in [1.165, 1.54) is 10.7 Å². The number of hydrogen-bond donors (Lipinski definition) is 1. The summed E-state index contributed by atoms with van der Waals surface area (Å²) in [5.74, 6) is -0.236. The van der Waals surface area contributed by atoms with Crippen molar-refractivity contribution in [2.24, 2.45) is 0 Å². The van der Waals surface area contributed by atoms with E-state index in [1.54, 1.807) is 36.5 Å². The number of nitrogens with one attached hydrogen (secondary N) is 1. The van der Waals surface area contributed by atoms with E-state index in [0.717, 1.165) is 5.56 Å². The minimum Gasteiger partial charge on any atom is -0.305 e. The van der Waals surface area contributed by atoms with Crippen LogP contribution < -0.4 is 5.32 Å². The number of carbonyl (C=O) groups is 1. The zero-order valence-electron chi connectivity index (χ0n) is 13.0. The Hall–Kier alpha value is -2.66. The molecule has 0 fully saturated rings. The lowest BCUT2D eigenvalue weighted by molar-refractivity contribution is 0.102. The van der Waals surface area contributed by atoms with Gasteiger partial charge in [-0.2, -0.15) is 5.10 Å². The molecule has 6 heteroatoms. The van der Waals surface area contributed by atoms with Crippen LogP contribution in [0, 0.1) is 12.7 Å². The molecular weight excluding hydrogens is 329 g/mol. The quantitative estimate of drug-likeness (QED) is 0.768. The van der Waals surface area contributed by atoms with Crippen molar-refractivity contribution in [1.82, 2.24) is 9.78 Å². The first-order valence-corrected chi connectivity index (χ1v) is 7.75. The van der Waals surface area contributed by atoms with Crippen LogP contribution in [0.1, 0.15) is 21.5 Å². The van der Waals surface area contributed by atoms with E-state index < -0.39 is 0 Å². The number of nitrogens with zero attached hydrogens (tertiary/aromatic N) is 2. The summed E-state index contributed by atoms with van der Waals surface area (Å²) < 4.78 is 15.3. The topological polar surface area (TPSA) is 46.9 Å². The van der Waals surface area contributed by atoms with E-state index >= 15 is 0 Å². The van der Waals surface area contributed by atoms with Crippen molar-refractivity contribution in [2.45, 2.75) is 13.5 Å². The van der Waals surface area contributed by atoms with E-state index in [4.69, 9.17) is 11.6 Å². The summed E-state index contributed by atoms with van der Waals surface area (Å²) in [5, 5.41) is 7.29. The molecule has 0 aliphatic rings. The number of aryl methyl sites for hydroxylation is 1. The average molecular weight is 344 g/mol. The van der Waals surface area contributed by atoms with Crippen LogP contribution in [0.3, 0.4) is 0 Å². The standard InChI is InChI=1S/C18H15ClFN3O/c1-12-5-7-13(8-6-12)18(24)21-17-9-10-23(22-17)11-14-15(19)3-2-4-16(14)20/h2-10H,11H2,1H3,(H,21,22,24). The first kappa shape index (κ1) is 16.2. The summed E-state index contributed by atoms with van der Waals surface area (Å²) in [6.07, 6.45) is 1.66. The van der Waals surface area contributed by atoms with Gasteiger partial charge in [-0.05, 0) is 31.2 Å². The number of aromatic nitrogens is 2. The second-order valence-electron chi connectivity index (χ2n) is 5.42. The smallest absolute Gasteiger partial charge is 0.256 e. The normalized spacial score (nSPS) is 10.6. The van der Waals surface area contributed by atoms with Gasteiger partial charge in [0.25, 0.3) is 5.91 Å². The maximum atomic E-state index is 13.8. The summed E-state index contributed by atoms with van der Waals surface area (Å²) in [5.41, 5.74) is 1.99. The van der Waals surface area contributed by atoms with Crippen molar-refractivity contribution in [3.8, 4) is 0 Å². The largest absolute Gasteiger partial charge is 0.305 e. The fourth-order valence-electron chi connectivity index (χ4n) is 2.26. The Balaban J connectivity index is 1.71. The highest BCUT2D eigenvalue weighted by Gasteiger charge is 2.10. The molecule has 0 saturated heterocycles. The van der Waals surface area contributed by atoms with Crippen LogP contribution in [-0.2, 0) is 6.54 Å². The van der Waals surface area contributed by atoms with Crippen LogP contribution in [-0.4, -0.2) is 15.7 Å². The highest BCUT2D eigenvalue weighted by Crippen LogP contribution is 2.20. The van der Waals surface area contributed by atoms with Gasteiger partial charge in [0.05, 0.1) is 6.54 Å². The monoisotopic (exact) mass is 343 g/mol. The third-order valence-electron chi connectivity index (χ3n) is 3.58. The maximum absolute atomic E-state index is 13.8. The molecule has 0 radical (unpaired) electrons. The summed E-state index contributed by atoms with van der Waals surface area (Å²) in [6.45, 7) is 2.14. The molecule has 0 aliphatic heterocycles. The van der Waals surface area contributed by atoms with E-state index in [1.807, 2.05) is 19.1 Å². The Morgan fingerprint density at radius 2 is 1.96 bits per heavy atom. The van der Waals surface area contributed by atoms with Crippen molar-refractivity contribution >= 4 is 23.3 Å². The number of carbonyl (C=O) groups excluding carboxylic acids is 1. The Morgan fingerprint density at radius 3 is 2.67 bits per heavy atom. The van der Waals surface area contributed by atoms with E-state index in [0.29, 0.717) is 22.0 Å². The molecule has 3 aromatic rings. The van der Waals surface area contributed by atoms with Gasteiger partial charge >= 0.3 is 0 Å². The van der Waals surface area contributed by atoms with Crippen LogP contribution in [0.25, 0.3) is 0 Å². The number of halogens is 2. The van der Waals surface area contributed by atoms with Crippen molar-refractivity contribution in [1.29, 1.82) is 0 Å². The number of anilines is 1. The minimum absolute atomic E-state index is 0.186. The van der Waals surface area contributed by atoms with Gasteiger partial charge in [-0.1, -0.05) is 35.4 Å². The van der Waals surface area contributed by atoms with Crippen molar-refractivity contribution in [3.05, 3.63) is 82.3 Å². The van der Waals surface area contributed by atoms with Gasteiger partial charge in [-0.15, -0.1) is 0 Å². The zero-order valence-corrected chi connectivity index (χ0v) is 13.7. The third kappa shape index (κ3) is 3.63. The van der Waals surface area contributed by atoms with E-state index in [9.17, 15) is 9.18 Å². The highest BCUT2D eigenvalue weighted by molar-refractivity contribution is 6.31. The Kier molecular flexibility index (Phi) is 4.62. The lowest BCUT2D eigenvalue weighted by atomic mass is 10.1. The number of rotatable bonds is 4. The molecule has 122 valence electrons. The second kappa shape index (κ2) is 6.84. The molecule has 0 unspecified atom stereocenters. The molecular formula is C18H15ClFN3O. The van der Waals surface area contributed by atoms with Crippen molar-refractivity contribution < 1.29 is 9.18 Å². The summed E-state index contributed by atoms with van der Waals surface area (Å²) in [6, 6.07) is 13.4. The predicted octanol–water partition coefficient (Wildman–Crippen LogP) is 4.28. The van der Waals surface area contributed by atoms with Crippen LogP contribution >= 0.6 is 11.6 Å². The first-order chi connectivity index (χ1) is 11.5. The van der Waals surface area contributed by atoms with Gasteiger partial charge in [0.15, 0.2) is 5.82 Å². The summed E-state index contributed by atoms with van der Waals surface area (Å²) >= 11 is 6.01. The van der Waals surface area contributed by atoms with Crippen molar-refractivity contribution in [3.63, 3.8) is 0 Å². The van der Waals surface area contributed by atoms with Gasteiger partial charge in [0.2, 0.25) is 0 Å². The molecule has 4 nitrogen and oxygen atoms in total. The second-order valence-corrected chi connectivity index (χ2v) is 5.83. The molecule has 1 heterocycles. The Bertz CT molecular complexity index is 854. The number of benzene rings is 2. The minimum atomic E-state index is -0.386. The van der Waals surface area contributed by atoms with E-state index in [2.05, 4.69) is 10.4 Å². The highest BCUT2D eigenvalue weighted by atomic mass is 35.5. The van der Waals surface area contributed by atoms with Gasteiger partial charge in [0.1, 0.15) is 5.82 Å². The van der Waals surface area contributed by atoms with Crippen molar-refractivity contribution in [2.75, 3.05) is 5.32 Å². The van der Waals surface area contributed by atoms with Gasteiger partial charge in [-0.3, -0.25) is 9.48 Å². The average Bonchev–Trinajstić information content (AvgIpc) is 2.99. The molecule has 0 spiro atoms. The number of amides is 1. The predicted molar refractivity (Wildman–Crippen MR) is 91.9 cm³/mol. The van der Waals surface area contributed by atoms with Gasteiger partial charge in [-0.25, -0.2) is 4.39 Å². The number of hydrogen-bond acceptors (Lipinski definition) is 2. The SMILES string of the molecule is Cc1ccc(C(=O)Nc2ccn(Cc3c(F)cccc3Cl)n2)cc1. The van der Waals surface area contributed by atoms with Crippen LogP contribution in [0.2, 0.25) is 5.02 Å². The molecule has 2 aromatic carbocycles. The van der Waals surface area contributed by atoms with Crippen LogP contribution in [0.15, 0.2) is 54.7 Å².